The first-order valence-corrected chi connectivity index (χ1v) is 15.4. The minimum absolute atomic E-state index is 0.0233. The average Bonchev–Trinajstić information content (AvgIpc) is 3.58. The highest BCUT2D eigenvalue weighted by Gasteiger charge is 2.30. The van der Waals surface area contributed by atoms with Crippen LogP contribution in [-0.2, 0) is 0 Å². The van der Waals surface area contributed by atoms with Crippen molar-refractivity contribution in [2.45, 2.75) is 11.8 Å². The Morgan fingerprint density at radius 3 is 1.71 bits per heavy atom. The van der Waals surface area contributed by atoms with E-state index in [0.717, 1.165) is 21.0 Å². The first kappa shape index (κ1) is 33.6. The van der Waals surface area contributed by atoms with E-state index >= 15 is 0 Å². The number of benzene rings is 2. The van der Waals surface area contributed by atoms with E-state index in [1.165, 1.54) is 11.3 Å². The van der Waals surface area contributed by atoms with Crippen molar-refractivity contribution in [3.63, 3.8) is 0 Å². The number of rotatable bonds is 8. The minimum Gasteiger partial charge on any atom is -0.383 e. The summed E-state index contributed by atoms with van der Waals surface area (Å²) in [5.74, 6) is -1.47. The molecule has 48 heavy (non-hydrogen) atoms. The SMILES string of the molecule is Nc1nc(N)c(C(C[N+](=O)[O-])c2c[nH]c3cc(Cl)ccc23)c(N)n1.Nc1nc(N)c(C(C[N+](=O)[O-])c2csc3ccc(Cl)cc23)c(N)n1. The van der Waals surface area contributed by atoms with E-state index in [1.54, 1.807) is 36.5 Å². The predicted octanol–water partition coefficient (Wildman–Crippen LogP) is 4.27. The lowest BCUT2D eigenvalue weighted by Crippen LogP contribution is -2.19. The molecule has 0 spiro atoms. The quantitative estimate of drug-likeness (QED) is 0.0856. The lowest BCUT2D eigenvalue weighted by atomic mass is 9.91. The number of aromatic amines is 1. The van der Waals surface area contributed by atoms with Gasteiger partial charge in [0.2, 0.25) is 25.0 Å². The molecule has 13 N–H and O–H groups in total. The fraction of sp³-hybridized carbons (Fsp3) is 0.143. The van der Waals surface area contributed by atoms with E-state index in [9.17, 15) is 20.2 Å². The van der Waals surface area contributed by atoms with Gasteiger partial charge in [-0.2, -0.15) is 19.9 Å². The van der Waals surface area contributed by atoms with Crippen LogP contribution in [0.25, 0.3) is 21.0 Å². The Morgan fingerprint density at radius 2 is 1.19 bits per heavy atom. The number of aromatic nitrogens is 5. The summed E-state index contributed by atoms with van der Waals surface area (Å²) in [6.07, 6.45) is 1.67. The van der Waals surface area contributed by atoms with Crippen LogP contribution in [0.4, 0.5) is 35.2 Å². The van der Waals surface area contributed by atoms with Gasteiger partial charge in [0, 0.05) is 41.7 Å². The summed E-state index contributed by atoms with van der Waals surface area (Å²) >= 11 is 13.5. The maximum atomic E-state index is 11.2. The lowest BCUT2D eigenvalue weighted by molar-refractivity contribution is -0.481. The molecule has 0 amide bonds. The van der Waals surface area contributed by atoms with Crippen molar-refractivity contribution in [3.8, 4) is 0 Å². The smallest absolute Gasteiger partial charge is 0.223 e. The molecule has 6 rings (SSSR count). The third-order valence-corrected chi connectivity index (χ3v) is 8.85. The highest BCUT2D eigenvalue weighted by molar-refractivity contribution is 7.17. The molecule has 2 atom stereocenters. The molecular weight excluding hydrogens is 685 g/mol. The summed E-state index contributed by atoms with van der Waals surface area (Å²) in [5, 5.41) is 26.9. The van der Waals surface area contributed by atoms with Gasteiger partial charge in [0.05, 0.1) is 23.0 Å². The van der Waals surface area contributed by atoms with Crippen LogP contribution in [0.15, 0.2) is 48.0 Å². The fourth-order valence-corrected chi connectivity index (χ4v) is 6.79. The van der Waals surface area contributed by atoms with Gasteiger partial charge in [-0.05, 0) is 52.2 Å². The molecule has 4 aromatic heterocycles. The molecule has 0 saturated carbocycles. The molecule has 0 aliphatic rings. The molecular formula is C28H27Cl2N13O4S. The van der Waals surface area contributed by atoms with Crippen molar-refractivity contribution < 1.29 is 9.85 Å². The largest absolute Gasteiger partial charge is 0.383 e. The molecule has 2 unspecified atom stereocenters. The van der Waals surface area contributed by atoms with Crippen LogP contribution in [0.2, 0.25) is 10.0 Å². The highest BCUT2D eigenvalue weighted by Crippen LogP contribution is 2.40. The summed E-state index contributed by atoms with van der Waals surface area (Å²) in [6, 6.07) is 10.6. The Balaban J connectivity index is 0.000000188. The van der Waals surface area contributed by atoms with Crippen molar-refractivity contribution in [2.75, 3.05) is 47.5 Å². The molecule has 0 radical (unpaired) electrons. The number of nitrogen functional groups attached to an aromatic ring is 6. The van der Waals surface area contributed by atoms with Gasteiger partial charge in [0.1, 0.15) is 23.3 Å². The zero-order valence-electron chi connectivity index (χ0n) is 24.6. The Kier molecular flexibility index (Phi) is 9.50. The van der Waals surface area contributed by atoms with Crippen LogP contribution in [0.3, 0.4) is 0 Å². The molecule has 0 fully saturated rings. The Hall–Kier alpha value is -5.72. The van der Waals surface area contributed by atoms with Crippen LogP contribution < -0.4 is 34.4 Å². The molecule has 20 heteroatoms. The van der Waals surface area contributed by atoms with E-state index in [-0.39, 0.29) is 40.7 Å². The Morgan fingerprint density at radius 1 is 0.708 bits per heavy atom. The van der Waals surface area contributed by atoms with Gasteiger partial charge in [-0.15, -0.1) is 11.3 Å². The number of hydrogen-bond acceptors (Lipinski definition) is 15. The van der Waals surface area contributed by atoms with Crippen LogP contribution >= 0.6 is 34.5 Å². The van der Waals surface area contributed by atoms with E-state index in [0.29, 0.717) is 26.7 Å². The molecule has 0 bridgehead atoms. The average molecular weight is 713 g/mol. The number of nitrogens with one attached hydrogen (secondary N) is 1. The normalized spacial score (nSPS) is 12.4. The van der Waals surface area contributed by atoms with Crippen molar-refractivity contribution in [3.05, 3.63) is 101 Å². The zero-order valence-corrected chi connectivity index (χ0v) is 27.0. The number of H-pyrrole nitrogens is 1. The number of nitrogens with two attached hydrogens (primary N) is 6. The van der Waals surface area contributed by atoms with Gasteiger partial charge < -0.3 is 39.4 Å². The minimum atomic E-state index is -0.726. The summed E-state index contributed by atoms with van der Waals surface area (Å²) in [6.45, 7) is -0.822. The number of nitrogens with zero attached hydrogens (tertiary/aromatic N) is 6. The molecule has 6 aromatic rings. The number of fused-ring (bicyclic) bond motifs is 2. The monoisotopic (exact) mass is 711 g/mol. The van der Waals surface area contributed by atoms with E-state index in [2.05, 4.69) is 24.9 Å². The molecule has 0 aliphatic heterocycles. The van der Waals surface area contributed by atoms with Crippen LogP contribution in [-0.4, -0.2) is 47.9 Å². The van der Waals surface area contributed by atoms with Gasteiger partial charge in [-0.1, -0.05) is 29.3 Å². The number of halogens is 2. The van der Waals surface area contributed by atoms with E-state index < -0.39 is 34.8 Å². The summed E-state index contributed by atoms with van der Waals surface area (Å²) in [5.41, 5.74) is 37.4. The first-order valence-electron chi connectivity index (χ1n) is 13.8. The van der Waals surface area contributed by atoms with E-state index in [4.69, 9.17) is 57.6 Å². The van der Waals surface area contributed by atoms with Crippen molar-refractivity contribution in [1.29, 1.82) is 0 Å². The predicted molar refractivity (Wildman–Crippen MR) is 188 cm³/mol. The number of thiophene rings is 1. The number of hydrogen-bond donors (Lipinski definition) is 7. The molecule has 248 valence electrons. The standard InChI is InChI=1S/C14H14ClN7O2.C14H13ClN6O2S/c15-6-1-2-7-8(4-19-10(7)3-6)9(5-22(23)24)11-12(16)20-14(18)21-13(11)17;15-6-1-2-10-7(3-6)9(5-24-10)8(4-21(22)23)11-12(16)19-14(18)20-13(11)17/h1-4,9,19H,5H2,(H6,16,17,18,20,21);1-3,5,8H,4H2,(H6,16,17,18,19,20). The molecule has 2 aromatic carbocycles. The summed E-state index contributed by atoms with van der Waals surface area (Å²) in [7, 11) is 0. The van der Waals surface area contributed by atoms with Gasteiger partial charge in [0.25, 0.3) is 0 Å². The molecule has 0 aliphatic carbocycles. The second kappa shape index (κ2) is 13.6. The fourth-order valence-electron chi connectivity index (χ4n) is 5.45. The van der Waals surface area contributed by atoms with Crippen LogP contribution in [0, 0.1) is 20.2 Å². The zero-order chi connectivity index (χ0) is 34.9. The van der Waals surface area contributed by atoms with Gasteiger partial charge in [0.15, 0.2) is 0 Å². The Labute approximate surface area is 284 Å². The molecule has 4 heterocycles. The number of anilines is 6. The van der Waals surface area contributed by atoms with Crippen molar-refractivity contribution in [2.24, 2.45) is 0 Å². The van der Waals surface area contributed by atoms with Crippen LogP contribution in [0.1, 0.15) is 34.1 Å². The van der Waals surface area contributed by atoms with Gasteiger partial charge in [-0.25, -0.2) is 0 Å². The van der Waals surface area contributed by atoms with Crippen LogP contribution in [0.5, 0.6) is 0 Å². The molecule has 17 nitrogen and oxygen atoms in total. The van der Waals surface area contributed by atoms with E-state index in [1.807, 2.05) is 11.4 Å². The summed E-state index contributed by atoms with van der Waals surface area (Å²) in [4.78, 5) is 40.1. The topological polar surface area (TPSA) is 310 Å². The third kappa shape index (κ3) is 6.99. The maximum absolute atomic E-state index is 11.2. The van der Waals surface area contributed by atoms with Crippen molar-refractivity contribution in [1.82, 2.24) is 24.9 Å². The summed E-state index contributed by atoms with van der Waals surface area (Å²) < 4.78 is 0.955. The van der Waals surface area contributed by atoms with Gasteiger partial charge in [-0.3, -0.25) is 20.2 Å². The number of nitro groups is 2. The lowest BCUT2D eigenvalue weighted by Gasteiger charge is -2.16. The first-order chi connectivity index (χ1) is 22.7. The third-order valence-electron chi connectivity index (χ3n) is 7.40. The highest BCUT2D eigenvalue weighted by atomic mass is 35.5. The second-order valence-electron chi connectivity index (χ2n) is 10.4. The van der Waals surface area contributed by atoms with Crippen molar-refractivity contribution >= 4 is 90.7 Å². The Bertz CT molecular complexity index is 2150. The maximum Gasteiger partial charge on any atom is 0.223 e. The van der Waals surface area contributed by atoms with Gasteiger partial charge >= 0.3 is 0 Å². The molecule has 0 saturated heterocycles. The second-order valence-corrected chi connectivity index (χ2v) is 12.2.